The predicted octanol–water partition coefficient (Wildman–Crippen LogP) is 3.50. The molecule has 1 aromatic rings. The Morgan fingerprint density at radius 1 is 1.38 bits per heavy atom. The van der Waals surface area contributed by atoms with Gasteiger partial charge in [-0.15, -0.1) is 0 Å². The van der Waals surface area contributed by atoms with Crippen LogP contribution in [0.15, 0.2) is 21.1 Å². The molecule has 21 heavy (non-hydrogen) atoms. The Bertz CT molecular complexity index is 493. The molecule has 0 saturated heterocycles. The van der Waals surface area contributed by atoms with E-state index in [1.807, 2.05) is 12.1 Å². The number of hydrogen-bond acceptors (Lipinski definition) is 3. The van der Waals surface area contributed by atoms with E-state index < -0.39 is 6.10 Å². The summed E-state index contributed by atoms with van der Waals surface area (Å²) < 4.78 is 7.38. The number of rotatable bonds is 5. The van der Waals surface area contributed by atoms with Crippen molar-refractivity contribution in [2.24, 2.45) is 5.73 Å². The molecule has 0 bridgehead atoms. The zero-order valence-corrected chi connectivity index (χ0v) is 15.2. The Hall–Kier alpha value is -0.590. The Labute approximate surface area is 142 Å². The van der Waals surface area contributed by atoms with Crippen molar-refractivity contribution in [1.82, 2.24) is 5.32 Å². The van der Waals surface area contributed by atoms with Gasteiger partial charge < -0.3 is 15.8 Å². The Morgan fingerprint density at radius 2 is 1.95 bits per heavy atom. The van der Waals surface area contributed by atoms with Crippen LogP contribution in [0.1, 0.15) is 38.2 Å². The second-order valence-corrected chi connectivity index (χ2v) is 7.05. The quantitative estimate of drug-likeness (QED) is 0.767. The van der Waals surface area contributed by atoms with Gasteiger partial charge in [-0.25, -0.2) is 0 Å². The van der Waals surface area contributed by atoms with Gasteiger partial charge >= 0.3 is 0 Å². The van der Waals surface area contributed by atoms with E-state index in [-0.39, 0.29) is 5.91 Å². The molecule has 1 fully saturated rings. The summed E-state index contributed by atoms with van der Waals surface area (Å²) in [6.07, 6.45) is 3.98. The van der Waals surface area contributed by atoms with E-state index in [9.17, 15) is 4.79 Å². The van der Waals surface area contributed by atoms with Gasteiger partial charge in [0.2, 0.25) is 0 Å². The van der Waals surface area contributed by atoms with Crippen molar-refractivity contribution in [1.29, 1.82) is 0 Å². The maximum Gasteiger partial charge on any atom is 0.260 e. The second-order valence-electron chi connectivity index (χ2n) is 5.34. The van der Waals surface area contributed by atoms with Crippen molar-refractivity contribution in [2.75, 3.05) is 0 Å². The first kappa shape index (κ1) is 16.8. The summed E-state index contributed by atoms with van der Waals surface area (Å²) in [7, 11) is 0. The van der Waals surface area contributed by atoms with Gasteiger partial charge in [0.15, 0.2) is 6.10 Å². The van der Waals surface area contributed by atoms with Gasteiger partial charge in [0, 0.05) is 12.6 Å². The third kappa shape index (κ3) is 4.44. The zero-order valence-electron chi connectivity index (χ0n) is 12.0. The van der Waals surface area contributed by atoms with E-state index >= 15 is 0 Å². The van der Waals surface area contributed by atoms with Crippen LogP contribution in [0.3, 0.4) is 0 Å². The minimum absolute atomic E-state index is 0.0661. The molecule has 0 heterocycles. The number of benzene rings is 1. The van der Waals surface area contributed by atoms with Crippen LogP contribution in [0.5, 0.6) is 5.75 Å². The number of halogens is 2. The molecule has 0 aromatic heterocycles. The molecular formula is C15H20Br2N2O2. The van der Waals surface area contributed by atoms with Crippen LogP contribution in [0.2, 0.25) is 0 Å². The topological polar surface area (TPSA) is 64.3 Å². The summed E-state index contributed by atoms with van der Waals surface area (Å²) in [5.74, 6) is 0.560. The minimum Gasteiger partial charge on any atom is -0.479 e. The number of carbonyl (C=O) groups is 1. The lowest BCUT2D eigenvalue weighted by molar-refractivity contribution is -0.128. The van der Waals surface area contributed by atoms with Crippen molar-refractivity contribution in [3.63, 3.8) is 0 Å². The molecule has 4 nitrogen and oxygen atoms in total. The fourth-order valence-corrected chi connectivity index (χ4v) is 3.93. The molecule has 2 rings (SSSR count). The number of nitrogens with two attached hydrogens (primary N) is 1. The maximum atomic E-state index is 12.2. The van der Waals surface area contributed by atoms with Gasteiger partial charge in [-0.2, -0.15) is 0 Å². The van der Waals surface area contributed by atoms with Crippen molar-refractivity contribution in [3.8, 4) is 5.75 Å². The number of hydrogen-bond donors (Lipinski definition) is 2. The second kappa shape index (κ2) is 7.61. The smallest absolute Gasteiger partial charge is 0.260 e. The van der Waals surface area contributed by atoms with Gasteiger partial charge in [-0.1, -0.05) is 12.8 Å². The molecule has 1 atom stereocenters. The highest BCUT2D eigenvalue weighted by molar-refractivity contribution is 9.11. The predicted molar refractivity (Wildman–Crippen MR) is 90.2 cm³/mol. The van der Waals surface area contributed by atoms with Crippen molar-refractivity contribution < 1.29 is 9.53 Å². The lowest BCUT2D eigenvalue weighted by Gasteiger charge is -2.19. The van der Waals surface area contributed by atoms with Crippen LogP contribution in [0.25, 0.3) is 0 Å². The highest BCUT2D eigenvalue weighted by Gasteiger charge is 2.23. The van der Waals surface area contributed by atoms with Gasteiger partial charge in [-0.05, 0) is 69.3 Å². The average molecular weight is 420 g/mol. The van der Waals surface area contributed by atoms with Gasteiger partial charge in [0.1, 0.15) is 5.75 Å². The molecule has 116 valence electrons. The molecule has 1 aliphatic carbocycles. The summed E-state index contributed by atoms with van der Waals surface area (Å²) in [6, 6.07) is 4.11. The Morgan fingerprint density at radius 3 is 2.48 bits per heavy atom. The highest BCUT2D eigenvalue weighted by atomic mass is 79.9. The molecule has 6 heteroatoms. The van der Waals surface area contributed by atoms with Crippen molar-refractivity contribution in [2.45, 2.75) is 51.3 Å². The fourth-order valence-electron chi connectivity index (χ4n) is 2.46. The summed E-state index contributed by atoms with van der Waals surface area (Å²) in [4.78, 5) is 12.2. The SMILES string of the molecule is CC(Oc1c(Br)cc(CN)cc1Br)C(=O)NC1CCCC1. The molecule has 0 aliphatic heterocycles. The molecule has 1 amide bonds. The number of carbonyl (C=O) groups excluding carboxylic acids is 1. The van der Waals surface area contributed by atoms with Gasteiger partial charge in [0.05, 0.1) is 8.95 Å². The minimum atomic E-state index is -0.540. The molecule has 3 N–H and O–H groups in total. The first-order valence-corrected chi connectivity index (χ1v) is 8.75. The largest absolute Gasteiger partial charge is 0.479 e. The summed E-state index contributed by atoms with van der Waals surface area (Å²) in [5, 5.41) is 3.05. The lowest BCUT2D eigenvalue weighted by Crippen LogP contribution is -2.41. The van der Waals surface area contributed by atoms with E-state index in [0.29, 0.717) is 18.3 Å². The first-order valence-electron chi connectivity index (χ1n) is 7.16. The van der Waals surface area contributed by atoms with Crippen LogP contribution in [0.4, 0.5) is 0 Å². The van der Waals surface area contributed by atoms with Crippen LogP contribution in [0, 0.1) is 0 Å². The van der Waals surface area contributed by atoms with E-state index in [1.54, 1.807) is 6.92 Å². The monoisotopic (exact) mass is 418 g/mol. The van der Waals surface area contributed by atoms with Crippen molar-refractivity contribution in [3.05, 3.63) is 26.6 Å². The van der Waals surface area contributed by atoms with Crippen molar-refractivity contribution >= 4 is 37.8 Å². The van der Waals surface area contributed by atoms with Crippen LogP contribution in [-0.2, 0) is 11.3 Å². The lowest BCUT2D eigenvalue weighted by atomic mass is 10.2. The molecule has 1 aromatic carbocycles. The van der Waals surface area contributed by atoms with E-state index in [2.05, 4.69) is 37.2 Å². The maximum absolute atomic E-state index is 12.2. The molecule has 0 radical (unpaired) electrons. The first-order chi connectivity index (χ1) is 10.0. The molecular weight excluding hydrogens is 400 g/mol. The number of nitrogens with one attached hydrogen (secondary N) is 1. The number of amides is 1. The summed E-state index contributed by atoms with van der Waals surface area (Å²) in [5.41, 5.74) is 6.62. The third-order valence-electron chi connectivity index (χ3n) is 3.66. The average Bonchev–Trinajstić information content (AvgIpc) is 2.95. The third-order valence-corrected chi connectivity index (χ3v) is 4.84. The molecule has 0 spiro atoms. The Balaban J connectivity index is 2.01. The number of ether oxygens (including phenoxy) is 1. The van der Waals surface area contributed by atoms with Crippen LogP contribution < -0.4 is 15.8 Å². The Kier molecular flexibility index (Phi) is 6.08. The fraction of sp³-hybridized carbons (Fsp3) is 0.533. The van der Waals surface area contributed by atoms with E-state index in [1.165, 1.54) is 12.8 Å². The molecule has 1 saturated carbocycles. The normalized spacial score (nSPS) is 16.8. The zero-order chi connectivity index (χ0) is 15.4. The van der Waals surface area contributed by atoms with E-state index in [4.69, 9.17) is 10.5 Å². The summed E-state index contributed by atoms with van der Waals surface area (Å²) in [6.45, 7) is 2.22. The van der Waals surface area contributed by atoms with Crippen LogP contribution >= 0.6 is 31.9 Å². The molecule has 1 unspecified atom stereocenters. The van der Waals surface area contributed by atoms with Gasteiger partial charge in [0.25, 0.3) is 5.91 Å². The van der Waals surface area contributed by atoms with Gasteiger partial charge in [-0.3, -0.25) is 4.79 Å². The highest BCUT2D eigenvalue weighted by Crippen LogP contribution is 2.35. The van der Waals surface area contributed by atoms with E-state index in [0.717, 1.165) is 27.4 Å². The standard InChI is InChI=1S/C15H20Br2N2O2/c1-9(15(20)19-11-4-2-3-5-11)21-14-12(16)6-10(8-18)7-13(14)17/h6-7,9,11H,2-5,8,18H2,1H3,(H,19,20). The van der Waals surface area contributed by atoms with Crippen LogP contribution in [-0.4, -0.2) is 18.1 Å². The molecule has 1 aliphatic rings. The summed E-state index contributed by atoms with van der Waals surface area (Å²) >= 11 is 6.92.